The standard InChI is InChI=1S/C26H23ClN2O2/c1-15-8-11-19(12-9-15)23-24(28-22-7-5-6-21(27)18(22)4)26(31)29(25(23)30)20-13-10-16(2)17(3)14-20/h5-14,28H,1-4H3. The summed E-state index contributed by atoms with van der Waals surface area (Å²) >= 11 is 6.27. The lowest BCUT2D eigenvalue weighted by Crippen LogP contribution is -2.32. The zero-order valence-electron chi connectivity index (χ0n) is 17.9. The highest BCUT2D eigenvalue weighted by molar-refractivity contribution is 6.46. The molecule has 31 heavy (non-hydrogen) atoms. The molecule has 1 aliphatic heterocycles. The lowest BCUT2D eigenvalue weighted by molar-refractivity contribution is -0.120. The molecule has 0 aromatic heterocycles. The van der Waals surface area contributed by atoms with E-state index in [1.54, 1.807) is 12.1 Å². The van der Waals surface area contributed by atoms with Crippen LogP contribution in [0, 0.1) is 27.7 Å². The first-order chi connectivity index (χ1) is 14.8. The highest BCUT2D eigenvalue weighted by atomic mass is 35.5. The maximum absolute atomic E-state index is 13.5. The summed E-state index contributed by atoms with van der Waals surface area (Å²) in [4.78, 5) is 28.3. The monoisotopic (exact) mass is 430 g/mol. The number of imide groups is 1. The van der Waals surface area contributed by atoms with Crippen LogP contribution < -0.4 is 10.2 Å². The van der Waals surface area contributed by atoms with E-state index >= 15 is 0 Å². The number of benzene rings is 3. The van der Waals surface area contributed by atoms with Gasteiger partial charge < -0.3 is 5.32 Å². The second kappa shape index (κ2) is 8.05. The largest absolute Gasteiger partial charge is 0.350 e. The zero-order valence-corrected chi connectivity index (χ0v) is 18.7. The lowest BCUT2D eigenvalue weighted by Gasteiger charge is -2.17. The molecule has 3 aromatic rings. The Morgan fingerprint density at radius 1 is 0.806 bits per heavy atom. The van der Waals surface area contributed by atoms with Gasteiger partial charge in [-0.15, -0.1) is 0 Å². The Morgan fingerprint density at radius 2 is 1.52 bits per heavy atom. The van der Waals surface area contributed by atoms with Gasteiger partial charge in [0.15, 0.2) is 0 Å². The van der Waals surface area contributed by atoms with Gasteiger partial charge in [-0.2, -0.15) is 0 Å². The number of rotatable bonds is 4. The summed E-state index contributed by atoms with van der Waals surface area (Å²) in [6, 6.07) is 18.6. The Hall–Kier alpha value is -3.37. The third-order valence-electron chi connectivity index (χ3n) is 5.70. The first-order valence-corrected chi connectivity index (χ1v) is 10.4. The number of carbonyl (C=O) groups is 2. The molecule has 4 rings (SSSR count). The molecule has 1 heterocycles. The van der Waals surface area contributed by atoms with Gasteiger partial charge in [0.1, 0.15) is 5.70 Å². The van der Waals surface area contributed by atoms with Crippen LogP contribution >= 0.6 is 11.6 Å². The van der Waals surface area contributed by atoms with Gasteiger partial charge in [-0.25, -0.2) is 4.90 Å². The molecule has 0 saturated carbocycles. The second-order valence-electron chi connectivity index (χ2n) is 7.87. The Bertz CT molecular complexity index is 1240. The molecule has 5 heteroatoms. The van der Waals surface area contributed by atoms with Crippen LogP contribution in [0.4, 0.5) is 11.4 Å². The maximum Gasteiger partial charge on any atom is 0.282 e. The van der Waals surface area contributed by atoms with Gasteiger partial charge in [-0.3, -0.25) is 9.59 Å². The van der Waals surface area contributed by atoms with Gasteiger partial charge in [0.25, 0.3) is 11.8 Å². The number of nitrogens with one attached hydrogen (secondary N) is 1. The molecule has 3 aromatic carbocycles. The predicted octanol–water partition coefficient (Wildman–Crippen LogP) is 5.97. The molecule has 0 bridgehead atoms. The van der Waals surface area contributed by atoms with Gasteiger partial charge in [0, 0.05) is 10.7 Å². The van der Waals surface area contributed by atoms with E-state index in [1.165, 1.54) is 4.90 Å². The fourth-order valence-corrected chi connectivity index (χ4v) is 3.78. The molecule has 0 fully saturated rings. The Morgan fingerprint density at radius 3 is 2.19 bits per heavy atom. The van der Waals surface area contributed by atoms with E-state index in [9.17, 15) is 9.59 Å². The van der Waals surface area contributed by atoms with Crippen LogP contribution in [-0.4, -0.2) is 11.8 Å². The molecule has 1 N–H and O–H groups in total. The average Bonchev–Trinajstić information content (AvgIpc) is 2.98. The van der Waals surface area contributed by atoms with E-state index in [2.05, 4.69) is 5.32 Å². The Labute approximate surface area is 187 Å². The normalized spacial score (nSPS) is 13.9. The zero-order chi connectivity index (χ0) is 22.3. The van der Waals surface area contributed by atoms with Gasteiger partial charge >= 0.3 is 0 Å². The fraction of sp³-hybridized carbons (Fsp3) is 0.154. The summed E-state index contributed by atoms with van der Waals surface area (Å²) in [7, 11) is 0. The summed E-state index contributed by atoms with van der Waals surface area (Å²) < 4.78 is 0. The van der Waals surface area contributed by atoms with Gasteiger partial charge in [0.2, 0.25) is 0 Å². The molecule has 156 valence electrons. The molecule has 0 aliphatic carbocycles. The summed E-state index contributed by atoms with van der Waals surface area (Å²) in [6.07, 6.45) is 0. The summed E-state index contributed by atoms with van der Waals surface area (Å²) in [5.74, 6) is -0.734. The number of aryl methyl sites for hydroxylation is 3. The molecular weight excluding hydrogens is 408 g/mol. The number of anilines is 2. The molecule has 4 nitrogen and oxygen atoms in total. The highest BCUT2D eigenvalue weighted by Gasteiger charge is 2.40. The number of carbonyl (C=O) groups excluding carboxylic acids is 2. The van der Waals surface area contributed by atoms with Gasteiger partial charge in [0.05, 0.1) is 11.3 Å². The number of halogens is 1. The van der Waals surface area contributed by atoms with E-state index in [-0.39, 0.29) is 17.5 Å². The molecule has 0 radical (unpaired) electrons. The number of nitrogens with zero attached hydrogens (tertiary/aromatic N) is 1. The molecule has 0 saturated heterocycles. The maximum atomic E-state index is 13.5. The van der Waals surface area contributed by atoms with Crippen molar-refractivity contribution in [3.8, 4) is 0 Å². The SMILES string of the molecule is Cc1ccc(C2=C(Nc3cccc(Cl)c3C)C(=O)N(c3ccc(C)c(C)c3)C2=O)cc1. The molecule has 1 aliphatic rings. The van der Waals surface area contributed by atoms with Crippen molar-refractivity contribution in [3.05, 3.63) is 99.2 Å². The van der Waals surface area contributed by atoms with Crippen LogP contribution in [-0.2, 0) is 9.59 Å². The van der Waals surface area contributed by atoms with Crippen LogP contribution in [0.15, 0.2) is 66.4 Å². The first-order valence-electron chi connectivity index (χ1n) is 10.1. The minimum absolute atomic E-state index is 0.248. The van der Waals surface area contributed by atoms with E-state index in [4.69, 9.17) is 11.6 Å². The number of hydrogen-bond acceptors (Lipinski definition) is 3. The topological polar surface area (TPSA) is 49.4 Å². The predicted molar refractivity (Wildman–Crippen MR) is 126 cm³/mol. The fourth-order valence-electron chi connectivity index (χ4n) is 3.61. The van der Waals surface area contributed by atoms with Crippen molar-refractivity contribution in [2.24, 2.45) is 0 Å². The van der Waals surface area contributed by atoms with Crippen molar-refractivity contribution in [2.45, 2.75) is 27.7 Å². The Balaban J connectivity index is 1.85. The molecular formula is C26H23ClN2O2. The summed E-state index contributed by atoms with van der Waals surface area (Å²) in [5, 5.41) is 3.79. The van der Waals surface area contributed by atoms with E-state index in [0.717, 1.165) is 22.3 Å². The first kappa shape index (κ1) is 20.9. The van der Waals surface area contributed by atoms with Crippen molar-refractivity contribution >= 4 is 40.4 Å². The van der Waals surface area contributed by atoms with Crippen LogP contribution in [0.3, 0.4) is 0 Å². The van der Waals surface area contributed by atoms with Crippen molar-refractivity contribution in [1.82, 2.24) is 0 Å². The van der Waals surface area contributed by atoms with Crippen molar-refractivity contribution in [2.75, 3.05) is 10.2 Å². The third-order valence-corrected chi connectivity index (χ3v) is 6.11. The Kier molecular flexibility index (Phi) is 5.42. The molecule has 0 spiro atoms. The molecule has 2 amide bonds. The van der Waals surface area contributed by atoms with E-state index < -0.39 is 0 Å². The van der Waals surface area contributed by atoms with Gasteiger partial charge in [-0.1, -0.05) is 53.6 Å². The smallest absolute Gasteiger partial charge is 0.282 e. The van der Waals surface area contributed by atoms with Gasteiger partial charge in [-0.05, 0) is 74.2 Å². The molecule has 0 atom stereocenters. The van der Waals surface area contributed by atoms with Crippen molar-refractivity contribution in [3.63, 3.8) is 0 Å². The van der Waals surface area contributed by atoms with Crippen LogP contribution in [0.5, 0.6) is 0 Å². The van der Waals surface area contributed by atoms with Crippen LogP contribution in [0.2, 0.25) is 5.02 Å². The van der Waals surface area contributed by atoms with Crippen molar-refractivity contribution < 1.29 is 9.59 Å². The third kappa shape index (κ3) is 3.75. The van der Waals surface area contributed by atoms with E-state index in [1.807, 2.05) is 76.2 Å². The molecule has 0 unspecified atom stereocenters. The quantitative estimate of drug-likeness (QED) is 0.518. The summed E-state index contributed by atoms with van der Waals surface area (Å²) in [5.41, 5.74) is 6.54. The van der Waals surface area contributed by atoms with Crippen molar-refractivity contribution in [1.29, 1.82) is 0 Å². The lowest BCUT2D eigenvalue weighted by atomic mass is 10.0. The minimum atomic E-state index is -0.386. The average molecular weight is 431 g/mol. The summed E-state index contributed by atoms with van der Waals surface area (Å²) in [6.45, 7) is 7.82. The van der Waals surface area contributed by atoms with Crippen LogP contribution in [0.25, 0.3) is 5.57 Å². The number of amides is 2. The second-order valence-corrected chi connectivity index (χ2v) is 8.27. The van der Waals surface area contributed by atoms with E-state index in [0.29, 0.717) is 27.5 Å². The highest BCUT2D eigenvalue weighted by Crippen LogP contribution is 2.35. The van der Waals surface area contributed by atoms with Crippen LogP contribution in [0.1, 0.15) is 27.8 Å². The number of hydrogen-bond donors (Lipinski definition) is 1. The minimum Gasteiger partial charge on any atom is -0.350 e.